The van der Waals surface area contributed by atoms with Crippen molar-refractivity contribution < 1.29 is 27.0 Å². The molecule has 114 valence electrons. The van der Waals surface area contributed by atoms with Gasteiger partial charge in [-0.25, -0.2) is 9.24 Å². The van der Waals surface area contributed by atoms with Crippen molar-refractivity contribution in [1.82, 2.24) is 4.67 Å². The lowest BCUT2D eigenvalue weighted by molar-refractivity contribution is 0.253. The topological polar surface area (TPSA) is 104 Å². The SMILES string of the molecule is CS(=O)(=O)OCCCN(CCCl)P(=O)(O)O.Cl.Cl. The summed E-state index contributed by atoms with van der Waals surface area (Å²) in [5, 5.41) is 0. The van der Waals surface area contributed by atoms with E-state index >= 15 is 0 Å². The van der Waals surface area contributed by atoms with Gasteiger partial charge in [0.2, 0.25) is 0 Å². The number of alkyl halides is 1. The average Bonchev–Trinajstić information content (AvgIpc) is 2.06. The van der Waals surface area contributed by atoms with E-state index in [0.717, 1.165) is 10.9 Å². The predicted octanol–water partition coefficient (Wildman–Crippen LogP) is 0.830. The molecular weight excluding hydrogens is 351 g/mol. The summed E-state index contributed by atoms with van der Waals surface area (Å²) in [4.78, 5) is 17.8. The van der Waals surface area contributed by atoms with Crippen molar-refractivity contribution in [2.45, 2.75) is 6.42 Å². The van der Waals surface area contributed by atoms with Gasteiger partial charge in [0.25, 0.3) is 10.1 Å². The van der Waals surface area contributed by atoms with Gasteiger partial charge in [0.05, 0.1) is 12.9 Å². The summed E-state index contributed by atoms with van der Waals surface area (Å²) in [6.45, 7) is -0.0607. The van der Waals surface area contributed by atoms with Crippen molar-refractivity contribution in [3.63, 3.8) is 0 Å². The first-order valence-corrected chi connectivity index (χ1v) is 8.30. The fourth-order valence-corrected chi connectivity index (χ4v) is 2.43. The number of rotatable bonds is 8. The second-order valence-corrected chi connectivity index (χ2v) is 6.65. The van der Waals surface area contributed by atoms with Gasteiger partial charge in [0.15, 0.2) is 0 Å². The van der Waals surface area contributed by atoms with Crippen molar-refractivity contribution in [2.24, 2.45) is 0 Å². The van der Waals surface area contributed by atoms with Crippen LogP contribution >= 0.6 is 44.2 Å². The first-order chi connectivity index (χ1) is 7.17. The highest BCUT2D eigenvalue weighted by atomic mass is 35.5. The molecule has 0 aliphatic heterocycles. The third-order valence-electron chi connectivity index (χ3n) is 1.57. The van der Waals surface area contributed by atoms with E-state index in [2.05, 4.69) is 4.18 Å². The minimum absolute atomic E-state index is 0. The van der Waals surface area contributed by atoms with Crippen molar-refractivity contribution in [1.29, 1.82) is 0 Å². The lowest BCUT2D eigenvalue weighted by Gasteiger charge is -2.21. The van der Waals surface area contributed by atoms with Crippen LogP contribution in [0, 0.1) is 0 Å². The molecule has 0 aliphatic rings. The third-order valence-corrected chi connectivity index (χ3v) is 3.47. The second kappa shape index (κ2) is 10.7. The van der Waals surface area contributed by atoms with Gasteiger partial charge < -0.3 is 9.79 Å². The minimum Gasteiger partial charge on any atom is -0.312 e. The number of hydrogen-bond donors (Lipinski definition) is 2. The van der Waals surface area contributed by atoms with Gasteiger partial charge in [-0.3, -0.25) is 4.18 Å². The summed E-state index contributed by atoms with van der Waals surface area (Å²) in [6.07, 6.45) is 1.10. The summed E-state index contributed by atoms with van der Waals surface area (Å²) >= 11 is 5.38. The molecule has 2 N–H and O–H groups in total. The Balaban J connectivity index is -0.00000112. The van der Waals surface area contributed by atoms with Gasteiger partial charge in [-0.05, 0) is 6.42 Å². The highest BCUT2D eigenvalue weighted by Crippen LogP contribution is 2.39. The van der Waals surface area contributed by atoms with E-state index in [1.807, 2.05) is 0 Å². The lowest BCUT2D eigenvalue weighted by Crippen LogP contribution is -2.25. The molecule has 0 aromatic carbocycles. The van der Waals surface area contributed by atoms with E-state index in [4.69, 9.17) is 21.4 Å². The van der Waals surface area contributed by atoms with Gasteiger partial charge in [0.1, 0.15) is 0 Å². The van der Waals surface area contributed by atoms with Crippen LogP contribution in [0.2, 0.25) is 0 Å². The third kappa shape index (κ3) is 13.3. The van der Waals surface area contributed by atoms with Crippen LogP contribution in [0.3, 0.4) is 0 Å². The Bertz CT molecular complexity index is 347. The molecule has 0 spiro atoms. The Morgan fingerprint density at radius 3 is 2.11 bits per heavy atom. The van der Waals surface area contributed by atoms with Crippen molar-refractivity contribution in [2.75, 3.05) is 31.8 Å². The van der Waals surface area contributed by atoms with Crippen LogP contribution in [0.5, 0.6) is 0 Å². The largest absolute Gasteiger partial charge is 0.403 e. The Labute approximate surface area is 124 Å². The van der Waals surface area contributed by atoms with Crippen LogP contribution in [-0.4, -0.2) is 54.7 Å². The molecule has 0 rings (SSSR count). The number of nitrogens with zero attached hydrogens (tertiary/aromatic N) is 1. The highest BCUT2D eigenvalue weighted by Gasteiger charge is 2.23. The quantitative estimate of drug-likeness (QED) is 0.283. The second-order valence-electron chi connectivity index (χ2n) is 3.04. The fraction of sp³-hybridized carbons (Fsp3) is 1.00. The van der Waals surface area contributed by atoms with Crippen LogP contribution in [0.15, 0.2) is 0 Å². The van der Waals surface area contributed by atoms with E-state index in [-0.39, 0.29) is 56.8 Å². The summed E-state index contributed by atoms with van der Waals surface area (Å²) in [5.74, 6) is 0.0814. The van der Waals surface area contributed by atoms with Crippen LogP contribution in [0.25, 0.3) is 0 Å². The summed E-state index contributed by atoms with van der Waals surface area (Å²) in [5.41, 5.74) is 0. The molecular formula is C6H17Cl3NO6PS. The molecule has 0 unspecified atom stereocenters. The van der Waals surface area contributed by atoms with Crippen molar-refractivity contribution >= 4 is 54.3 Å². The molecule has 18 heavy (non-hydrogen) atoms. The lowest BCUT2D eigenvalue weighted by atomic mass is 10.4. The van der Waals surface area contributed by atoms with Crippen LogP contribution < -0.4 is 0 Å². The van der Waals surface area contributed by atoms with Crippen LogP contribution in [0.1, 0.15) is 6.42 Å². The molecule has 0 radical (unpaired) electrons. The van der Waals surface area contributed by atoms with Crippen LogP contribution in [-0.2, 0) is 18.9 Å². The fourth-order valence-electron chi connectivity index (χ4n) is 0.927. The number of halogens is 3. The van der Waals surface area contributed by atoms with Crippen LogP contribution in [0.4, 0.5) is 0 Å². The first kappa shape index (κ1) is 23.9. The molecule has 0 fully saturated rings. The molecule has 0 saturated carbocycles. The Morgan fingerprint density at radius 1 is 1.28 bits per heavy atom. The van der Waals surface area contributed by atoms with E-state index in [1.165, 1.54) is 0 Å². The molecule has 0 aromatic heterocycles. The zero-order valence-corrected chi connectivity index (χ0v) is 13.7. The Morgan fingerprint density at radius 2 is 1.78 bits per heavy atom. The normalized spacial score (nSPS) is 11.8. The molecule has 0 bridgehead atoms. The summed E-state index contributed by atoms with van der Waals surface area (Å²) in [7, 11) is -7.84. The molecule has 12 heteroatoms. The standard InChI is InChI=1S/C6H15ClNO6PS.2ClH/c1-16(12,13)14-6-2-4-8(5-3-7)15(9,10)11;;/h2-6H2,1H3,(H2,9,10,11);2*1H. The highest BCUT2D eigenvalue weighted by molar-refractivity contribution is 7.85. The summed E-state index contributed by atoms with van der Waals surface area (Å²) < 4.78 is 37.4. The van der Waals surface area contributed by atoms with E-state index in [1.54, 1.807) is 0 Å². The molecule has 0 aromatic rings. The van der Waals surface area contributed by atoms with Gasteiger partial charge in [0, 0.05) is 19.0 Å². The maximum atomic E-state index is 10.9. The molecule has 0 atom stereocenters. The molecule has 0 saturated heterocycles. The predicted molar refractivity (Wildman–Crippen MR) is 74.2 cm³/mol. The van der Waals surface area contributed by atoms with Crippen molar-refractivity contribution in [3.8, 4) is 0 Å². The molecule has 0 amide bonds. The minimum atomic E-state index is -4.33. The van der Waals surface area contributed by atoms with Gasteiger partial charge in [-0.1, -0.05) is 0 Å². The van der Waals surface area contributed by atoms with E-state index in [9.17, 15) is 13.0 Å². The monoisotopic (exact) mass is 367 g/mol. The smallest absolute Gasteiger partial charge is 0.312 e. The maximum Gasteiger partial charge on any atom is 0.403 e. The van der Waals surface area contributed by atoms with Gasteiger partial charge in [-0.15, -0.1) is 36.4 Å². The average molecular weight is 369 g/mol. The molecule has 7 nitrogen and oxygen atoms in total. The zero-order valence-electron chi connectivity index (χ0n) is 9.56. The maximum absolute atomic E-state index is 10.9. The van der Waals surface area contributed by atoms with Gasteiger partial charge in [-0.2, -0.15) is 8.42 Å². The Kier molecular flexibility index (Phi) is 14.2. The van der Waals surface area contributed by atoms with E-state index in [0.29, 0.717) is 0 Å². The first-order valence-electron chi connectivity index (χ1n) is 4.38. The molecule has 0 aliphatic carbocycles. The number of hydrogen-bond acceptors (Lipinski definition) is 4. The van der Waals surface area contributed by atoms with Gasteiger partial charge >= 0.3 is 7.75 Å². The van der Waals surface area contributed by atoms with Crippen molar-refractivity contribution in [3.05, 3.63) is 0 Å². The molecule has 0 heterocycles. The van der Waals surface area contributed by atoms with E-state index < -0.39 is 17.9 Å². The zero-order chi connectivity index (χ0) is 12.8. The summed E-state index contributed by atoms with van der Waals surface area (Å²) in [6, 6.07) is 0. The Hall–Kier alpha value is 0.890.